The topological polar surface area (TPSA) is 17.1 Å². The monoisotopic (exact) mass is 272 g/mol. The van der Waals surface area contributed by atoms with Gasteiger partial charge in [-0.2, -0.15) is 0 Å². The van der Waals surface area contributed by atoms with Crippen molar-refractivity contribution < 1.29 is 4.79 Å². The minimum atomic E-state index is 0.182. The van der Waals surface area contributed by atoms with Crippen LogP contribution in [-0.2, 0) is 6.42 Å². The maximum atomic E-state index is 12.3. The van der Waals surface area contributed by atoms with Gasteiger partial charge >= 0.3 is 0 Å². The summed E-state index contributed by atoms with van der Waals surface area (Å²) in [6.07, 6.45) is 1.18. The molecule has 0 heterocycles. The van der Waals surface area contributed by atoms with E-state index in [4.69, 9.17) is 11.6 Å². The molecule has 0 N–H and O–H groups in total. The largest absolute Gasteiger partial charge is 0.294 e. The smallest absolute Gasteiger partial charge is 0.163 e. The maximum Gasteiger partial charge on any atom is 0.163 e. The van der Waals surface area contributed by atoms with Crippen LogP contribution in [0.1, 0.15) is 33.5 Å². The molecule has 1 nitrogen and oxygen atoms in total. The van der Waals surface area contributed by atoms with Gasteiger partial charge in [-0.05, 0) is 43.5 Å². The number of hydrogen-bond acceptors (Lipinski definition) is 1. The van der Waals surface area contributed by atoms with Gasteiger partial charge in [0.2, 0.25) is 0 Å². The molecular formula is C17H17ClO. The second-order valence-electron chi connectivity index (χ2n) is 4.83. The van der Waals surface area contributed by atoms with E-state index in [1.165, 1.54) is 0 Å². The van der Waals surface area contributed by atoms with E-state index in [1.807, 2.05) is 56.3 Å². The zero-order valence-corrected chi connectivity index (χ0v) is 12.0. The van der Waals surface area contributed by atoms with Crippen LogP contribution in [0.25, 0.3) is 0 Å². The highest BCUT2D eigenvalue weighted by Crippen LogP contribution is 2.19. The Labute approximate surface area is 119 Å². The Morgan fingerprint density at radius 3 is 2.58 bits per heavy atom. The molecule has 0 atom stereocenters. The zero-order chi connectivity index (χ0) is 13.8. The predicted octanol–water partition coefficient (Wildman–Crippen LogP) is 4.77. The Bertz CT molecular complexity index is 602. The van der Waals surface area contributed by atoms with Gasteiger partial charge in [-0.1, -0.05) is 47.5 Å². The van der Waals surface area contributed by atoms with E-state index in [0.717, 1.165) is 27.3 Å². The van der Waals surface area contributed by atoms with Crippen LogP contribution in [0.5, 0.6) is 0 Å². The minimum absolute atomic E-state index is 0.182. The molecule has 0 bridgehead atoms. The number of ketones is 1. The van der Waals surface area contributed by atoms with E-state index in [2.05, 4.69) is 0 Å². The van der Waals surface area contributed by atoms with Crippen LogP contribution < -0.4 is 0 Å². The van der Waals surface area contributed by atoms with Crippen molar-refractivity contribution in [2.75, 3.05) is 0 Å². The molecule has 2 rings (SSSR count). The number of carbonyl (C=O) groups excluding carboxylic acids is 1. The van der Waals surface area contributed by atoms with Crippen molar-refractivity contribution >= 4 is 17.4 Å². The van der Waals surface area contributed by atoms with E-state index >= 15 is 0 Å². The summed E-state index contributed by atoms with van der Waals surface area (Å²) < 4.78 is 0. The van der Waals surface area contributed by atoms with E-state index in [1.54, 1.807) is 0 Å². The lowest BCUT2D eigenvalue weighted by molar-refractivity contribution is 0.0982. The average molecular weight is 273 g/mol. The van der Waals surface area contributed by atoms with E-state index < -0.39 is 0 Å². The van der Waals surface area contributed by atoms with Gasteiger partial charge in [0.25, 0.3) is 0 Å². The molecule has 2 heteroatoms. The van der Waals surface area contributed by atoms with Crippen molar-refractivity contribution in [3.63, 3.8) is 0 Å². The number of benzene rings is 2. The Kier molecular flexibility index (Phi) is 4.39. The van der Waals surface area contributed by atoms with Crippen molar-refractivity contribution in [3.05, 3.63) is 69.7 Å². The van der Waals surface area contributed by atoms with Crippen molar-refractivity contribution in [2.45, 2.75) is 26.7 Å². The standard InChI is InChI=1S/C17H17ClO/c1-12-7-8-13(2)15(11-12)17(19)10-9-14-5-3-4-6-16(14)18/h3-8,11H,9-10H2,1-2H3. The summed E-state index contributed by atoms with van der Waals surface area (Å²) in [6.45, 7) is 3.98. The second kappa shape index (κ2) is 6.03. The van der Waals surface area contributed by atoms with Gasteiger partial charge in [0.15, 0.2) is 5.78 Å². The van der Waals surface area contributed by atoms with Crippen molar-refractivity contribution in [2.24, 2.45) is 0 Å². The van der Waals surface area contributed by atoms with Crippen molar-refractivity contribution in [1.82, 2.24) is 0 Å². The Hall–Kier alpha value is -1.60. The molecule has 0 spiro atoms. The van der Waals surface area contributed by atoms with Crippen LogP contribution in [0, 0.1) is 13.8 Å². The molecule has 0 aromatic heterocycles. The lowest BCUT2D eigenvalue weighted by Crippen LogP contribution is -2.04. The first-order valence-electron chi connectivity index (χ1n) is 6.42. The number of halogens is 1. The van der Waals surface area contributed by atoms with Crippen molar-refractivity contribution in [3.8, 4) is 0 Å². The number of aryl methyl sites for hydroxylation is 3. The Morgan fingerprint density at radius 2 is 1.84 bits per heavy atom. The third-order valence-corrected chi connectivity index (χ3v) is 3.64. The Morgan fingerprint density at radius 1 is 1.11 bits per heavy atom. The van der Waals surface area contributed by atoms with Crippen LogP contribution >= 0.6 is 11.6 Å². The van der Waals surface area contributed by atoms with Crippen LogP contribution in [-0.4, -0.2) is 5.78 Å². The van der Waals surface area contributed by atoms with Gasteiger partial charge in [0.05, 0.1) is 0 Å². The molecule has 19 heavy (non-hydrogen) atoms. The summed E-state index contributed by atoms with van der Waals surface area (Å²) in [5.41, 5.74) is 4.01. The zero-order valence-electron chi connectivity index (χ0n) is 11.2. The molecule has 2 aromatic carbocycles. The van der Waals surface area contributed by atoms with Crippen molar-refractivity contribution in [1.29, 1.82) is 0 Å². The lowest BCUT2D eigenvalue weighted by atomic mass is 9.97. The number of hydrogen-bond donors (Lipinski definition) is 0. The van der Waals surface area contributed by atoms with Gasteiger partial charge in [0.1, 0.15) is 0 Å². The molecule has 0 aliphatic carbocycles. The highest BCUT2D eigenvalue weighted by molar-refractivity contribution is 6.31. The molecular weight excluding hydrogens is 256 g/mol. The first kappa shape index (κ1) is 13.8. The maximum absolute atomic E-state index is 12.3. The molecule has 0 aliphatic rings. The van der Waals surface area contributed by atoms with Crippen LogP contribution in [0.15, 0.2) is 42.5 Å². The molecule has 0 saturated carbocycles. The number of carbonyl (C=O) groups is 1. The minimum Gasteiger partial charge on any atom is -0.294 e. The lowest BCUT2D eigenvalue weighted by Gasteiger charge is -2.07. The van der Waals surface area contributed by atoms with E-state index in [-0.39, 0.29) is 5.78 Å². The highest BCUT2D eigenvalue weighted by Gasteiger charge is 2.10. The molecule has 0 amide bonds. The SMILES string of the molecule is Cc1ccc(C)c(C(=O)CCc2ccccc2Cl)c1. The summed E-state index contributed by atoms with van der Waals surface area (Å²) >= 11 is 6.10. The van der Waals surface area contributed by atoms with Crippen LogP contribution in [0.2, 0.25) is 5.02 Å². The average Bonchev–Trinajstić information content (AvgIpc) is 2.40. The van der Waals surface area contributed by atoms with E-state index in [0.29, 0.717) is 12.8 Å². The van der Waals surface area contributed by atoms with Gasteiger partial charge < -0.3 is 0 Å². The summed E-state index contributed by atoms with van der Waals surface area (Å²) in [6, 6.07) is 13.7. The third kappa shape index (κ3) is 3.45. The molecule has 0 fully saturated rings. The summed E-state index contributed by atoms with van der Waals surface area (Å²) in [4.78, 5) is 12.3. The van der Waals surface area contributed by atoms with Gasteiger partial charge in [0, 0.05) is 17.0 Å². The highest BCUT2D eigenvalue weighted by atomic mass is 35.5. The normalized spacial score (nSPS) is 10.5. The molecule has 0 saturated heterocycles. The fraction of sp³-hybridized carbons (Fsp3) is 0.235. The fourth-order valence-electron chi connectivity index (χ4n) is 2.12. The van der Waals surface area contributed by atoms with Gasteiger partial charge in [-0.3, -0.25) is 4.79 Å². The summed E-state index contributed by atoms with van der Waals surface area (Å²) in [5, 5.41) is 0.733. The second-order valence-corrected chi connectivity index (χ2v) is 5.24. The fourth-order valence-corrected chi connectivity index (χ4v) is 2.35. The Balaban J connectivity index is 2.10. The molecule has 0 unspecified atom stereocenters. The first-order valence-corrected chi connectivity index (χ1v) is 6.79. The third-order valence-electron chi connectivity index (χ3n) is 3.27. The molecule has 0 aliphatic heterocycles. The van der Waals surface area contributed by atoms with Crippen LogP contribution in [0.4, 0.5) is 0 Å². The predicted molar refractivity (Wildman–Crippen MR) is 80.0 cm³/mol. The quantitative estimate of drug-likeness (QED) is 0.733. The number of rotatable bonds is 4. The number of Topliss-reactive ketones (excluding diaryl/α,β-unsaturated/α-hetero) is 1. The molecule has 0 radical (unpaired) electrons. The van der Waals surface area contributed by atoms with Gasteiger partial charge in [-0.15, -0.1) is 0 Å². The summed E-state index contributed by atoms with van der Waals surface area (Å²) in [5.74, 6) is 0.182. The molecule has 98 valence electrons. The summed E-state index contributed by atoms with van der Waals surface area (Å²) in [7, 11) is 0. The van der Waals surface area contributed by atoms with E-state index in [9.17, 15) is 4.79 Å². The first-order chi connectivity index (χ1) is 9.08. The molecule has 2 aromatic rings. The van der Waals surface area contributed by atoms with Gasteiger partial charge in [-0.25, -0.2) is 0 Å². The van der Waals surface area contributed by atoms with Crippen LogP contribution in [0.3, 0.4) is 0 Å².